The monoisotopic (exact) mass is 323 g/mol. The molecule has 2 N–H and O–H groups in total. The van der Waals surface area contributed by atoms with Crippen molar-refractivity contribution < 1.29 is 9.53 Å². The average molecular weight is 323 g/mol. The Hall–Kier alpha value is -2.93. The molecule has 1 aliphatic rings. The summed E-state index contributed by atoms with van der Waals surface area (Å²) in [4.78, 5) is 14.1. The van der Waals surface area contributed by atoms with Gasteiger partial charge in [0, 0.05) is 30.4 Å². The van der Waals surface area contributed by atoms with Crippen molar-refractivity contribution in [2.24, 2.45) is 0 Å². The largest absolute Gasteiger partial charge is 0.399 e. The number of ether oxygens (including phenoxy) is 1. The summed E-state index contributed by atoms with van der Waals surface area (Å²) in [6.07, 6.45) is 1.91. The number of hydrogen-bond acceptors (Lipinski definition) is 5. The molecule has 0 aliphatic carbocycles. The van der Waals surface area contributed by atoms with Gasteiger partial charge in [0.15, 0.2) is 11.5 Å². The molecule has 3 heterocycles. The SMILES string of the molecule is Nc1ccc2c(ccn2-c2ccc(C(=O)N3CCOCC3)nn2)c1. The van der Waals surface area contributed by atoms with Crippen molar-refractivity contribution in [1.82, 2.24) is 19.7 Å². The summed E-state index contributed by atoms with van der Waals surface area (Å²) in [5.41, 5.74) is 7.87. The number of fused-ring (bicyclic) bond motifs is 1. The standard InChI is InChI=1S/C17H17N5O2/c18-13-1-3-15-12(11-13)5-6-22(15)16-4-2-14(19-20-16)17(23)21-7-9-24-10-8-21/h1-6,11H,7-10,18H2. The highest BCUT2D eigenvalue weighted by atomic mass is 16.5. The van der Waals surface area contributed by atoms with Crippen molar-refractivity contribution in [3.63, 3.8) is 0 Å². The number of morpholine rings is 1. The Balaban J connectivity index is 1.62. The van der Waals surface area contributed by atoms with E-state index in [1.807, 2.05) is 35.0 Å². The van der Waals surface area contributed by atoms with Crippen molar-refractivity contribution in [1.29, 1.82) is 0 Å². The quantitative estimate of drug-likeness (QED) is 0.722. The van der Waals surface area contributed by atoms with E-state index in [4.69, 9.17) is 10.5 Å². The summed E-state index contributed by atoms with van der Waals surface area (Å²) in [5, 5.41) is 9.35. The minimum atomic E-state index is -0.109. The highest BCUT2D eigenvalue weighted by Crippen LogP contribution is 2.21. The van der Waals surface area contributed by atoms with E-state index in [2.05, 4.69) is 10.2 Å². The maximum Gasteiger partial charge on any atom is 0.274 e. The zero-order chi connectivity index (χ0) is 16.5. The molecule has 1 fully saturated rings. The molecule has 7 heteroatoms. The highest BCUT2D eigenvalue weighted by molar-refractivity contribution is 5.92. The summed E-state index contributed by atoms with van der Waals surface area (Å²) in [6.45, 7) is 2.31. The van der Waals surface area contributed by atoms with Gasteiger partial charge < -0.3 is 15.4 Å². The van der Waals surface area contributed by atoms with Crippen LogP contribution in [0.25, 0.3) is 16.7 Å². The first kappa shape index (κ1) is 14.6. The lowest BCUT2D eigenvalue weighted by atomic mass is 10.2. The molecule has 1 aromatic carbocycles. The molecule has 4 rings (SSSR count). The van der Waals surface area contributed by atoms with Crippen LogP contribution >= 0.6 is 0 Å². The number of nitrogens with two attached hydrogens (primary N) is 1. The molecule has 2 aromatic heterocycles. The van der Waals surface area contributed by atoms with E-state index in [0.717, 1.165) is 16.6 Å². The van der Waals surface area contributed by atoms with E-state index < -0.39 is 0 Å². The third-order valence-corrected chi connectivity index (χ3v) is 4.13. The van der Waals surface area contributed by atoms with Gasteiger partial charge in [-0.05, 0) is 36.4 Å². The van der Waals surface area contributed by atoms with E-state index in [9.17, 15) is 4.79 Å². The van der Waals surface area contributed by atoms with Gasteiger partial charge in [-0.1, -0.05) is 0 Å². The summed E-state index contributed by atoms with van der Waals surface area (Å²) in [5.74, 6) is 0.552. The number of anilines is 1. The first-order valence-corrected chi connectivity index (χ1v) is 7.80. The van der Waals surface area contributed by atoms with Crippen LogP contribution in [0.2, 0.25) is 0 Å². The lowest BCUT2D eigenvalue weighted by Crippen LogP contribution is -2.41. The molecule has 1 saturated heterocycles. The van der Waals surface area contributed by atoms with Gasteiger partial charge in [0.25, 0.3) is 5.91 Å². The smallest absolute Gasteiger partial charge is 0.274 e. The predicted octanol–water partition coefficient (Wildman–Crippen LogP) is 1.48. The fraction of sp³-hybridized carbons (Fsp3) is 0.235. The van der Waals surface area contributed by atoms with Crippen LogP contribution < -0.4 is 5.73 Å². The van der Waals surface area contributed by atoms with Gasteiger partial charge in [0.1, 0.15) is 0 Å². The van der Waals surface area contributed by atoms with Crippen molar-refractivity contribution in [3.8, 4) is 5.82 Å². The number of carbonyl (C=O) groups excluding carboxylic acids is 1. The van der Waals surface area contributed by atoms with Crippen LogP contribution in [-0.4, -0.2) is 51.9 Å². The number of carbonyl (C=O) groups is 1. The van der Waals surface area contributed by atoms with Crippen LogP contribution in [0.1, 0.15) is 10.5 Å². The number of hydrogen-bond donors (Lipinski definition) is 1. The molecule has 0 radical (unpaired) electrons. The zero-order valence-electron chi connectivity index (χ0n) is 13.1. The highest BCUT2D eigenvalue weighted by Gasteiger charge is 2.20. The number of rotatable bonds is 2. The number of benzene rings is 1. The normalized spacial score (nSPS) is 14.9. The van der Waals surface area contributed by atoms with Crippen LogP contribution in [0.5, 0.6) is 0 Å². The third kappa shape index (κ3) is 2.59. The maximum absolute atomic E-state index is 12.4. The van der Waals surface area contributed by atoms with Crippen LogP contribution in [0.3, 0.4) is 0 Å². The molecule has 24 heavy (non-hydrogen) atoms. The topological polar surface area (TPSA) is 86.3 Å². The molecule has 7 nitrogen and oxygen atoms in total. The number of aromatic nitrogens is 3. The molecule has 1 aliphatic heterocycles. The summed E-state index contributed by atoms with van der Waals surface area (Å²) >= 11 is 0. The van der Waals surface area contributed by atoms with Crippen LogP contribution in [0.4, 0.5) is 5.69 Å². The fourth-order valence-corrected chi connectivity index (χ4v) is 2.86. The van der Waals surface area contributed by atoms with Gasteiger partial charge in [0.05, 0.1) is 18.7 Å². The van der Waals surface area contributed by atoms with Crippen molar-refractivity contribution in [2.75, 3.05) is 32.0 Å². The Morgan fingerprint density at radius 1 is 1.08 bits per heavy atom. The van der Waals surface area contributed by atoms with Gasteiger partial charge >= 0.3 is 0 Å². The number of nitrogen functional groups attached to an aromatic ring is 1. The second-order valence-electron chi connectivity index (χ2n) is 5.69. The molecule has 0 saturated carbocycles. The van der Waals surface area contributed by atoms with Crippen molar-refractivity contribution in [3.05, 3.63) is 48.3 Å². The van der Waals surface area contributed by atoms with E-state index in [-0.39, 0.29) is 5.91 Å². The molecule has 1 amide bonds. The van der Waals surface area contributed by atoms with Gasteiger partial charge in [0.2, 0.25) is 0 Å². The first-order valence-electron chi connectivity index (χ1n) is 7.80. The van der Waals surface area contributed by atoms with Gasteiger partial charge in [-0.15, -0.1) is 10.2 Å². The van der Waals surface area contributed by atoms with Crippen molar-refractivity contribution in [2.45, 2.75) is 0 Å². The van der Waals surface area contributed by atoms with E-state index in [1.165, 1.54) is 0 Å². The molecule has 0 unspecified atom stereocenters. The van der Waals surface area contributed by atoms with Crippen LogP contribution in [0.15, 0.2) is 42.6 Å². The summed E-state index contributed by atoms with van der Waals surface area (Å²) in [7, 11) is 0. The maximum atomic E-state index is 12.4. The van der Waals surface area contributed by atoms with E-state index >= 15 is 0 Å². The van der Waals surface area contributed by atoms with Gasteiger partial charge in [-0.25, -0.2) is 0 Å². The molecule has 0 atom stereocenters. The van der Waals surface area contributed by atoms with Gasteiger partial charge in [-0.2, -0.15) is 0 Å². The van der Waals surface area contributed by atoms with E-state index in [1.54, 1.807) is 17.0 Å². The fourth-order valence-electron chi connectivity index (χ4n) is 2.86. The minimum absolute atomic E-state index is 0.109. The molecule has 0 bridgehead atoms. The summed E-state index contributed by atoms with van der Waals surface area (Å²) in [6, 6.07) is 11.2. The molecule has 3 aromatic rings. The predicted molar refractivity (Wildman–Crippen MR) is 90.0 cm³/mol. The van der Waals surface area contributed by atoms with Crippen LogP contribution in [-0.2, 0) is 4.74 Å². The molecule has 122 valence electrons. The number of amides is 1. The minimum Gasteiger partial charge on any atom is -0.399 e. The second kappa shape index (κ2) is 5.93. The Morgan fingerprint density at radius 3 is 2.67 bits per heavy atom. The lowest BCUT2D eigenvalue weighted by molar-refractivity contribution is 0.0298. The lowest BCUT2D eigenvalue weighted by Gasteiger charge is -2.26. The van der Waals surface area contributed by atoms with Crippen LogP contribution in [0, 0.1) is 0 Å². The zero-order valence-corrected chi connectivity index (χ0v) is 13.1. The second-order valence-corrected chi connectivity index (χ2v) is 5.69. The Labute approximate surface area is 138 Å². The van der Waals surface area contributed by atoms with Gasteiger partial charge in [-0.3, -0.25) is 9.36 Å². The Morgan fingerprint density at radius 2 is 1.92 bits per heavy atom. The molecular formula is C17H17N5O2. The molecular weight excluding hydrogens is 306 g/mol. The average Bonchev–Trinajstić information content (AvgIpc) is 3.05. The van der Waals surface area contributed by atoms with Crippen molar-refractivity contribution >= 4 is 22.5 Å². The van der Waals surface area contributed by atoms with E-state index in [0.29, 0.717) is 37.8 Å². The first-order chi connectivity index (χ1) is 11.7. The third-order valence-electron chi connectivity index (χ3n) is 4.13. The number of nitrogens with zero attached hydrogens (tertiary/aromatic N) is 4. The Bertz CT molecular complexity index is 882. The summed E-state index contributed by atoms with van der Waals surface area (Å²) < 4.78 is 7.18. The Kier molecular flexibility index (Phi) is 3.62. The molecule has 0 spiro atoms.